The lowest BCUT2D eigenvalue weighted by Gasteiger charge is -2.00. The highest BCUT2D eigenvalue weighted by atomic mass is 32.2. The molecule has 6 heteroatoms. The van der Waals surface area contributed by atoms with Gasteiger partial charge in [-0.3, -0.25) is 4.28 Å². The molecule has 0 saturated carbocycles. The molecule has 100 valence electrons. The van der Waals surface area contributed by atoms with Gasteiger partial charge in [0, 0.05) is 5.56 Å². The van der Waals surface area contributed by atoms with Gasteiger partial charge in [-0.25, -0.2) is 0 Å². The van der Waals surface area contributed by atoms with Crippen LogP contribution in [0.3, 0.4) is 0 Å². The van der Waals surface area contributed by atoms with Gasteiger partial charge in [0.05, 0.1) is 17.8 Å². The molecule has 0 atom stereocenters. The third kappa shape index (κ3) is 3.22. The molecule has 0 unspecified atom stereocenters. The standard InChI is InChI=1S/C14H10N2O3S/c15-10-12-6-4-5-7-13(12)11-16-19-20(17,18)14-8-2-1-3-9-14/h1-9,11H/b16-11+. The van der Waals surface area contributed by atoms with Crippen LogP contribution in [0.15, 0.2) is 64.6 Å². The fourth-order valence-corrected chi connectivity index (χ4v) is 2.21. The summed E-state index contributed by atoms with van der Waals surface area (Å²) in [7, 11) is -3.93. The lowest BCUT2D eigenvalue weighted by molar-refractivity contribution is 0.341. The summed E-state index contributed by atoms with van der Waals surface area (Å²) >= 11 is 0. The minimum Gasteiger partial charge on any atom is -0.265 e. The van der Waals surface area contributed by atoms with Gasteiger partial charge < -0.3 is 0 Å². The second-order valence-corrected chi connectivity index (χ2v) is 5.30. The largest absolute Gasteiger partial charge is 0.358 e. The Balaban J connectivity index is 2.17. The number of benzene rings is 2. The van der Waals surface area contributed by atoms with Crippen LogP contribution in [-0.2, 0) is 14.4 Å². The highest BCUT2D eigenvalue weighted by molar-refractivity contribution is 7.86. The van der Waals surface area contributed by atoms with E-state index in [9.17, 15) is 8.42 Å². The van der Waals surface area contributed by atoms with Gasteiger partial charge in [0.25, 0.3) is 0 Å². The number of hydrogen-bond donors (Lipinski definition) is 0. The topological polar surface area (TPSA) is 79.5 Å². The molecule has 0 heterocycles. The van der Waals surface area contributed by atoms with E-state index in [0.29, 0.717) is 11.1 Å². The van der Waals surface area contributed by atoms with Gasteiger partial charge in [0.1, 0.15) is 4.90 Å². The van der Waals surface area contributed by atoms with Crippen LogP contribution >= 0.6 is 0 Å². The number of rotatable bonds is 4. The molecule has 0 N–H and O–H groups in total. The Bertz CT molecular complexity index is 763. The zero-order valence-electron chi connectivity index (χ0n) is 10.3. The quantitative estimate of drug-likeness (QED) is 0.638. The molecule has 0 aliphatic carbocycles. The third-order valence-electron chi connectivity index (χ3n) is 2.45. The highest BCUT2D eigenvalue weighted by Gasteiger charge is 2.14. The molecule has 0 bridgehead atoms. The van der Waals surface area contributed by atoms with Gasteiger partial charge in [-0.1, -0.05) is 41.6 Å². The van der Waals surface area contributed by atoms with Gasteiger partial charge in [-0.2, -0.15) is 13.7 Å². The van der Waals surface area contributed by atoms with E-state index in [-0.39, 0.29) is 4.90 Å². The maximum absolute atomic E-state index is 11.8. The Kier molecular flexibility index (Phi) is 4.13. The summed E-state index contributed by atoms with van der Waals surface area (Å²) < 4.78 is 28.1. The molecule has 0 saturated heterocycles. The van der Waals surface area contributed by atoms with E-state index in [0.717, 1.165) is 0 Å². The number of hydrogen-bond acceptors (Lipinski definition) is 5. The monoisotopic (exact) mass is 286 g/mol. The number of nitriles is 1. The third-order valence-corrected chi connectivity index (χ3v) is 3.58. The second-order valence-electron chi connectivity index (χ2n) is 3.78. The van der Waals surface area contributed by atoms with Crippen LogP contribution in [0.5, 0.6) is 0 Å². The van der Waals surface area contributed by atoms with E-state index in [1.807, 2.05) is 6.07 Å². The molecular formula is C14H10N2O3S. The molecule has 0 aliphatic heterocycles. The van der Waals surface area contributed by atoms with Crippen molar-refractivity contribution in [2.75, 3.05) is 0 Å². The Morgan fingerprint density at radius 2 is 1.70 bits per heavy atom. The molecule has 0 spiro atoms. The summed E-state index contributed by atoms with van der Waals surface area (Å²) in [6.45, 7) is 0. The Labute approximate surface area is 116 Å². The fraction of sp³-hybridized carbons (Fsp3) is 0. The van der Waals surface area contributed by atoms with E-state index in [2.05, 4.69) is 9.44 Å². The Hall–Kier alpha value is -2.65. The average molecular weight is 286 g/mol. The molecule has 0 aliphatic rings. The fourth-order valence-electron chi connectivity index (χ4n) is 1.48. The molecule has 0 aromatic heterocycles. The predicted octanol–water partition coefficient (Wildman–Crippen LogP) is 2.30. The second kappa shape index (κ2) is 5.99. The summed E-state index contributed by atoms with van der Waals surface area (Å²) in [5, 5.41) is 12.3. The molecule has 0 amide bonds. The van der Waals surface area contributed by atoms with Gasteiger partial charge in [-0.05, 0) is 18.2 Å². The molecular weight excluding hydrogens is 276 g/mol. The van der Waals surface area contributed by atoms with Gasteiger partial charge in [-0.15, -0.1) is 0 Å². The van der Waals surface area contributed by atoms with Crippen LogP contribution in [0.2, 0.25) is 0 Å². The summed E-state index contributed by atoms with van der Waals surface area (Å²) in [6.07, 6.45) is 1.19. The van der Waals surface area contributed by atoms with Crippen molar-refractivity contribution in [3.05, 3.63) is 65.7 Å². The first kappa shape index (κ1) is 13.8. The normalized spacial score (nSPS) is 11.2. The van der Waals surface area contributed by atoms with Crippen LogP contribution in [-0.4, -0.2) is 14.6 Å². The summed E-state index contributed by atoms with van der Waals surface area (Å²) in [5.74, 6) is 0. The maximum Gasteiger partial charge on any atom is 0.358 e. The van der Waals surface area contributed by atoms with E-state index in [1.165, 1.54) is 18.3 Å². The summed E-state index contributed by atoms with van der Waals surface area (Å²) in [5.41, 5.74) is 0.871. The molecule has 2 aromatic carbocycles. The first-order valence-electron chi connectivity index (χ1n) is 5.65. The summed E-state index contributed by atoms with van der Waals surface area (Å²) in [6, 6.07) is 16.3. The van der Waals surface area contributed by atoms with Crippen molar-refractivity contribution >= 4 is 16.3 Å². The molecule has 2 aromatic rings. The number of nitrogens with zero attached hydrogens (tertiary/aromatic N) is 2. The molecule has 0 radical (unpaired) electrons. The van der Waals surface area contributed by atoms with E-state index >= 15 is 0 Å². The van der Waals surface area contributed by atoms with Crippen molar-refractivity contribution in [1.29, 1.82) is 5.26 Å². The van der Waals surface area contributed by atoms with Crippen molar-refractivity contribution in [2.24, 2.45) is 5.16 Å². The van der Waals surface area contributed by atoms with E-state index in [1.54, 1.807) is 42.5 Å². The van der Waals surface area contributed by atoms with Crippen LogP contribution in [0.25, 0.3) is 0 Å². The van der Waals surface area contributed by atoms with E-state index < -0.39 is 10.1 Å². The van der Waals surface area contributed by atoms with Crippen molar-refractivity contribution in [3.63, 3.8) is 0 Å². The Morgan fingerprint density at radius 1 is 1.05 bits per heavy atom. The van der Waals surface area contributed by atoms with Gasteiger partial charge >= 0.3 is 10.1 Å². The van der Waals surface area contributed by atoms with E-state index in [4.69, 9.17) is 5.26 Å². The SMILES string of the molecule is N#Cc1ccccc1/C=N/OS(=O)(=O)c1ccccc1. The molecule has 5 nitrogen and oxygen atoms in total. The van der Waals surface area contributed by atoms with Crippen LogP contribution in [0, 0.1) is 11.3 Å². The van der Waals surface area contributed by atoms with Gasteiger partial charge in [0.2, 0.25) is 0 Å². The summed E-state index contributed by atoms with van der Waals surface area (Å²) in [4.78, 5) is 0.0192. The van der Waals surface area contributed by atoms with Gasteiger partial charge in [0.15, 0.2) is 0 Å². The number of oxime groups is 1. The van der Waals surface area contributed by atoms with Crippen LogP contribution in [0.4, 0.5) is 0 Å². The van der Waals surface area contributed by atoms with Crippen LogP contribution < -0.4 is 0 Å². The first-order valence-corrected chi connectivity index (χ1v) is 7.05. The van der Waals surface area contributed by atoms with Crippen molar-refractivity contribution in [1.82, 2.24) is 0 Å². The zero-order chi connectivity index (χ0) is 14.4. The first-order chi connectivity index (χ1) is 9.63. The maximum atomic E-state index is 11.8. The van der Waals surface area contributed by atoms with Crippen molar-refractivity contribution in [3.8, 4) is 6.07 Å². The average Bonchev–Trinajstić information content (AvgIpc) is 2.48. The minimum atomic E-state index is -3.93. The highest BCUT2D eigenvalue weighted by Crippen LogP contribution is 2.12. The van der Waals surface area contributed by atoms with Crippen molar-refractivity contribution in [2.45, 2.75) is 4.90 Å². The molecule has 2 rings (SSSR count). The molecule has 0 fully saturated rings. The lowest BCUT2D eigenvalue weighted by atomic mass is 10.1. The minimum absolute atomic E-state index is 0.0192. The molecule has 20 heavy (non-hydrogen) atoms. The zero-order valence-corrected chi connectivity index (χ0v) is 11.1. The van der Waals surface area contributed by atoms with Crippen LogP contribution in [0.1, 0.15) is 11.1 Å². The lowest BCUT2D eigenvalue weighted by Crippen LogP contribution is -2.02. The predicted molar refractivity (Wildman–Crippen MR) is 73.5 cm³/mol. The smallest absolute Gasteiger partial charge is 0.265 e. The van der Waals surface area contributed by atoms with Crippen molar-refractivity contribution < 1.29 is 12.7 Å². The Morgan fingerprint density at radius 3 is 2.40 bits per heavy atom.